The average molecular weight is 461 g/mol. The van der Waals surface area contributed by atoms with E-state index in [1.807, 2.05) is 0 Å². The SMILES string of the molecule is NC(=O)c1ccc2nc(-c3ccc(S(=O)(=O)Nc4ccc(Cl)cc4)c(Cl)c3)[nH]c2c1. The summed E-state index contributed by atoms with van der Waals surface area (Å²) < 4.78 is 27.9. The van der Waals surface area contributed by atoms with Crippen molar-refractivity contribution in [2.45, 2.75) is 4.90 Å². The van der Waals surface area contributed by atoms with E-state index in [2.05, 4.69) is 14.7 Å². The van der Waals surface area contributed by atoms with E-state index in [9.17, 15) is 13.2 Å². The largest absolute Gasteiger partial charge is 0.366 e. The smallest absolute Gasteiger partial charge is 0.263 e. The number of carbonyl (C=O) groups is 1. The Bertz CT molecular complexity index is 1380. The van der Waals surface area contributed by atoms with Gasteiger partial charge >= 0.3 is 0 Å². The molecule has 0 fully saturated rings. The number of primary amides is 1. The van der Waals surface area contributed by atoms with Crippen LogP contribution in [0.15, 0.2) is 65.6 Å². The number of H-pyrrole nitrogens is 1. The molecule has 152 valence electrons. The third kappa shape index (κ3) is 3.97. The van der Waals surface area contributed by atoms with Gasteiger partial charge in [-0.1, -0.05) is 23.2 Å². The molecule has 0 aliphatic carbocycles. The van der Waals surface area contributed by atoms with Crippen LogP contribution in [-0.4, -0.2) is 24.3 Å². The first kappa shape index (κ1) is 20.2. The van der Waals surface area contributed by atoms with Crippen molar-refractivity contribution in [1.29, 1.82) is 0 Å². The number of aromatic nitrogens is 2. The maximum atomic E-state index is 12.7. The van der Waals surface area contributed by atoms with Crippen molar-refractivity contribution in [1.82, 2.24) is 9.97 Å². The lowest BCUT2D eigenvalue weighted by molar-refractivity contribution is 0.100. The van der Waals surface area contributed by atoms with E-state index in [-0.39, 0.29) is 9.92 Å². The molecule has 0 bridgehead atoms. The van der Waals surface area contributed by atoms with E-state index >= 15 is 0 Å². The number of aromatic amines is 1. The van der Waals surface area contributed by atoms with Gasteiger partial charge in [-0.05, 0) is 60.7 Å². The highest BCUT2D eigenvalue weighted by Gasteiger charge is 2.19. The molecule has 3 aromatic carbocycles. The number of nitrogens with one attached hydrogen (secondary N) is 2. The normalized spacial score (nSPS) is 11.5. The van der Waals surface area contributed by atoms with Gasteiger partial charge in [-0.15, -0.1) is 0 Å². The number of hydrogen-bond donors (Lipinski definition) is 3. The van der Waals surface area contributed by atoms with Gasteiger partial charge in [-0.3, -0.25) is 9.52 Å². The molecule has 0 aliphatic rings. The van der Waals surface area contributed by atoms with Crippen LogP contribution in [0, 0.1) is 0 Å². The Balaban J connectivity index is 1.66. The Morgan fingerprint density at radius 3 is 2.40 bits per heavy atom. The second-order valence-corrected chi connectivity index (χ2v) is 8.93. The predicted octanol–water partition coefficient (Wildman–Crippen LogP) is 4.44. The summed E-state index contributed by atoms with van der Waals surface area (Å²) in [4.78, 5) is 18.8. The van der Waals surface area contributed by atoms with Crippen LogP contribution in [0.3, 0.4) is 0 Å². The molecule has 0 spiro atoms. The molecule has 0 radical (unpaired) electrons. The molecule has 30 heavy (non-hydrogen) atoms. The molecule has 0 aliphatic heterocycles. The van der Waals surface area contributed by atoms with Crippen molar-refractivity contribution < 1.29 is 13.2 Å². The molecule has 0 atom stereocenters. The van der Waals surface area contributed by atoms with Gasteiger partial charge in [0.1, 0.15) is 10.7 Å². The molecule has 1 amide bonds. The van der Waals surface area contributed by atoms with Gasteiger partial charge in [-0.25, -0.2) is 13.4 Å². The standard InChI is InChI=1S/C20H14Cl2N4O3S/c21-13-3-5-14(6-4-13)26-30(28,29)18-8-2-12(9-15(18)22)20-24-16-7-1-11(19(23)27)10-17(16)25-20/h1-10,26H,(H2,23,27)(H,24,25). The number of halogens is 2. The highest BCUT2D eigenvalue weighted by molar-refractivity contribution is 7.92. The van der Waals surface area contributed by atoms with Gasteiger partial charge in [0.05, 0.1) is 16.1 Å². The van der Waals surface area contributed by atoms with Crippen LogP contribution in [0.5, 0.6) is 0 Å². The number of sulfonamides is 1. The van der Waals surface area contributed by atoms with Crippen molar-refractivity contribution >= 4 is 55.9 Å². The summed E-state index contributed by atoms with van der Waals surface area (Å²) in [6, 6.07) is 15.6. The molecule has 0 saturated carbocycles. The second-order valence-electron chi connectivity index (χ2n) is 6.44. The van der Waals surface area contributed by atoms with Crippen molar-refractivity contribution in [2.75, 3.05) is 4.72 Å². The van der Waals surface area contributed by atoms with Crippen molar-refractivity contribution in [2.24, 2.45) is 5.73 Å². The number of rotatable bonds is 5. The molecule has 0 unspecified atom stereocenters. The first-order chi connectivity index (χ1) is 14.2. The van der Waals surface area contributed by atoms with E-state index in [1.54, 1.807) is 48.5 Å². The van der Waals surface area contributed by atoms with Crippen LogP contribution >= 0.6 is 23.2 Å². The Kier molecular flexibility index (Phi) is 5.15. The summed E-state index contributed by atoms with van der Waals surface area (Å²) >= 11 is 12.1. The zero-order chi connectivity index (χ0) is 21.5. The summed E-state index contributed by atoms with van der Waals surface area (Å²) in [5.41, 5.74) is 7.86. The fourth-order valence-corrected chi connectivity index (χ4v) is 4.62. The van der Waals surface area contributed by atoms with E-state index < -0.39 is 15.9 Å². The minimum absolute atomic E-state index is 0.0345. The molecular formula is C20H14Cl2N4O3S. The van der Waals surface area contributed by atoms with Gasteiger partial charge < -0.3 is 10.7 Å². The number of nitrogens with zero attached hydrogens (tertiary/aromatic N) is 1. The van der Waals surface area contributed by atoms with Crippen LogP contribution in [0.4, 0.5) is 5.69 Å². The van der Waals surface area contributed by atoms with Gasteiger partial charge in [-0.2, -0.15) is 0 Å². The fourth-order valence-electron chi connectivity index (χ4n) is 2.89. The van der Waals surface area contributed by atoms with Crippen LogP contribution < -0.4 is 10.5 Å². The van der Waals surface area contributed by atoms with E-state index in [1.165, 1.54) is 12.1 Å². The second kappa shape index (κ2) is 7.64. The lowest BCUT2D eigenvalue weighted by Crippen LogP contribution is -2.13. The number of carbonyl (C=O) groups excluding carboxylic acids is 1. The number of fused-ring (bicyclic) bond motifs is 1. The van der Waals surface area contributed by atoms with Crippen LogP contribution in [0.1, 0.15) is 10.4 Å². The Labute approximate surface area is 181 Å². The quantitative estimate of drug-likeness (QED) is 0.407. The van der Waals surface area contributed by atoms with Crippen molar-refractivity contribution in [3.8, 4) is 11.4 Å². The lowest BCUT2D eigenvalue weighted by atomic mass is 10.2. The van der Waals surface area contributed by atoms with Gasteiger partial charge in [0.2, 0.25) is 5.91 Å². The number of hydrogen-bond acceptors (Lipinski definition) is 4. The summed E-state index contributed by atoms with van der Waals surface area (Å²) in [5.74, 6) is -0.0676. The topological polar surface area (TPSA) is 118 Å². The van der Waals surface area contributed by atoms with Gasteiger partial charge in [0.15, 0.2) is 0 Å². The summed E-state index contributed by atoms with van der Waals surface area (Å²) in [6.07, 6.45) is 0. The minimum atomic E-state index is -3.90. The molecular weight excluding hydrogens is 447 g/mol. The lowest BCUT2D eigenvalue weighted by Gasteiger charge is -2.10. The Morgan fingerprint density at radius 2 is 1.73 bits per heavy atom. The monoisotopic (exact) mass is 460 g/mol. The summed E-state index contributed by atoms with van der Waals surface area (Å²) in [6.45, 7) is 0. The highest BCUT2D eigenvalue weighted by atomic mass is 35.5. The fraction of sp³-hybridized carbons (Fsp3) is 0. The molecule has 4 aromatic rings. The van der Waals surface area contributed by atoms with Crippen LogP contribution in [-0.2, 0) is 10.0 Å². The predicted molar refractivity (Wildman–Crippen MR) is 117 cm³/mol. The first-order valence-corrected chi connectivity index (χ1v) is 10.8. The molecule has 1 heterocycles. The molecule has 4 N–H and O–H groups in total. The van der Waals surface area contributed by atoms with Crippen molar-refractivity contribution in [3.05, 3.63) is 76.3 Å². The van der Waals surface area contributed by atoms with Crippen LogP contribution in [0.2, 0.25) is 10.0 Å². The number of amides is 1. The third-order valence-electron chi connectivity index (χ3n) is 4.36. The van der Waals surface area contributed by atoms with E-state index in [0.717, 1.165) is 0 Å². The molecule has 0 saturated heterocycles. The number of imidazole rings is 1. The average Bonchev–Trinajstić information content (AvgIpc) is 3.12. The zero-order valence-electron chi connectivity index (χ0n) is 15.2. The maximum absolute atomic E-state index is 12.7. The number of anilines is 1. The number of nitrogens with two attached hydrogens (primary N) is 1. The van der Waals surface area contributed by atoms with Crippen LogP contribution in [0.25, 0.3) is 22.4 Å². The van der Waals surface area contributed by atoms with E-state index in [0.29, 0.717) is 38.7 Å². The highest BCUT2D eigenvalue weighted by Crippen LogP contribution is 2.30. The molecule has 1 aromatic heterocycles. The third-order valence-corrected chi connectivity index (χ3v) is 6.47. The first-order valence-electron chi connectivity index (χ1n) is 8.61. The van der Waals surface area contributed by atoms with Gasteiger partial charge in [0.25, 0.3) is 10.0 Å². The molecule has 7 nitrogen and oxygen atoms in total. The Morgan fingerprint density at radius 1 is 1.00 bits per heavy atom. The Hall–Kier alpha value is -3.07. The number of benzene rings is 3. The zero-order valence-corrected chi connectivity index (χ0v) is 17.5. The van der Waals surface area contributed by atoms with Gasteiger partial charge in [0, 0.05) is 21.8 Å². The maximum Gasteiger partial charge on any atom is 0.263 e. The summed E-state index contributed by atoms with van der Waals surface area (Å²) in [7, 11) is -3.90. The molecule has 4 rings (SSSR count). The van der Waals surface area contributed by atoms with E-state index in [4.69, 9.17) is 28.9 Å². The minimum Gasteiger partial charge on any atom is -0.366 e. The van der Waals surface area contributed by atoms with Crippen molar-refractivity contribution in [3.63, 3.8) is 0 Å². The summed E-state index contributed by atoms with van der Waals surface area (Å²) in [5, 5.41) is 0.529. The molecule has 10 heteroatoms.